The fourth-order valence-electron chi connectivity index (χ4n) is 3.67. The molecule has 26 heavy (non-hydrogen) atoms. The van der Waals surface area contributed by atoms with Gasteiger partial charge in [0.2, 0.25) is 0 Å². The third-order valence-corrected chi connectivity index (χ3v) is 5.13. The van der Waals surface area contributed by atoms with Crippen molar-refractivity contribution in [2.75, 3.05) is 25.5 Å². The molecule has 0 unspecified atom stereocenters. The highest BCUT2D eigenvalue weighted by Crippen LogP contribution is 2.36. The highest BCUT2D eigenvalue weighted by Gasteiger charge is 2.16. The molecule has 0 aliphatic carbocycles. The molecule has 0 radical (unpaired) electrons. The Kier molecular flexibility index (Phi) is 5.67. The fraction of sp³-hybridized carbons (Fsp3) is 0.391. The molecule has 1 heterocycles. The van der Waals surface area contributed by atoms with E-state index in [1.165, 1.54) is 39.0 Å². The smallest absolute Gasteiger partial charge is 0.0498 e. The number of nitrogens with two attached hydrogens (primary N) is 1. The zero-order chi connectivity index (χ0) is 18.7. The zero-order valence-corrected chi connectivity index (χ0v) is 16.5. The maximum atomic E-state index is 5.73. The summed E-state index contributed by atoms with van der Waals surface area (Å²) in [4.78, 5) is 5.93. The SMILES string of the molecule is CC(C)c1cccc2c(CCCCN)c(-c3cccc(N(C)C)c3)[nH]c12. The summed E-state index contributed by atoms with van der Waals surface area (Å²) in [6.07, 6.45) is 3.24. The van der Waals surface area contributed by atoms with Gasteiger partial charge in [-0.2, -0.15) is 0 Å². The normalized spacial score (nSPS) is 11.5. The van der Waals surface area contributed by atoms with Gasteiger partial charge in [-0.25, -0.2) is 0 Å². The van der Waals surface area contributed by atoms with Crippen molar-refractivity contribution in [3.63, 3.8) is 0 Å². The molecule has 0 spiro atoms. The van der Waals surface area contributed by atoms with E-state index in [1.807, 2.05) is 0 Å². The van der Waals surface area contributed by atoms with Gasteiger partial charge in [-0.15, -0.1) is 0 Å². The number of hydrogen-bond donors (Lipinski definition) is 2. The number of nitrogens with one attached hydrogen (secondary N) is 1. The zero-order valence-electron chi connectivity index (χ0n) is 16.5. The summed E-state index contributed by atoms with van der Waals surface area (Å²) in [5, 5.41) is 1.36. The van der Waals surface area contributed by atoms with Gasteiger partial charge in [-0.1, -0.05) is 44.2 Å². The third-order valence-electron chi connectivity index (χ3n) is 5.13. The van der Waals surface area contributed by atoms with Crippen molar-refractivity contribution in [2.24, 2.45) is 5.73 Å². The third kappa shape index (κ3) is 3.63. The summed E-state index contributed by atoms with van der Waals surface area (Å²) in [6.45, 7) is 5.27. The van der Waals surface area contributed by atoms with Gasteiger partial charge in [0.05, 0.1) is 0 Å². The molecule has 3 aromatic rings. The monoisotopic (exact) mass is 349 g/mol. The second-order valence-corrected chi connectivity index (χ2v) is 7.59. The van der Waals surface area contributed by atoms with Gasteiger partial charge < -0.3 is 15.6 Å². The minimum absolute atomic E-state index is 0.496. The van der Waals surface area contributed by atoms with Crippen LogP contribution < -0.4 is 10.6 Å². The lowest BCUT2D eigenvalue weighted by atomic mass is 9.96. The van der Waals surface area contributed by atoms with Crippen molar-refractivity contribution in [3.05, 3.63) is 53.6 Å². The minimum atomic E-state index is 0.496. The Labute approximate surface area is 157 Å². The molecule has 3 heteroatoms. The van der Waals surface area contributed by atoms with Gasteiger partial charge in [0.25, 0.3) is 0 Å². The highest BCUT2D eigenvalue weighted by molar-refractivity contribution is 5.93. The van der Waals surface area contributed by atoms with Crippen molar-refractivity contribution in [1.29, 1.82) is 0 Å². The van der Waals surface area contributed by atoms with E-state index < -0.39 is 0 Å². The van der Waals surface area contributed by atoms with Crippen LogP contribution in [0.15, 0.2) is 42.5 Å². The summed E-state index contributed by atoms with van der Waals surface area (Å²) >= 11 is 0. The van der Waals surface area contributed by atoms with Gasteiger partial charge >= 0.3 is 0 Å². The van der Waals surface area contributed by atoms with E-state index in [1.54, 1.807) is 0 Å². The number of anilines is 1. The second-order valence-electron chi connectivity index (χ2n) is 7.59. The Balaban J connectivity index is 2.18. The first-order valence-corrected chi connectivity index (χ1v) is 9.64. The van der Waals surface area contributed by atoms with Gasteiger partial charge in [-0.05, 0) is 55.0 Å². The first-order valence-electron chi connectivity index (χ1n) is 9.64. The van der Waals surface area contributed by atoms with Crippen molar-refractivity contribution < 1.29 is 0 Å². The van der Waals surface area contributed by atoms with Gasteiger partial charge in [-0.3, -0.25) is 0 Å². The number of rotatable bonds is 7. The number of unbranched alkanes of at least 4 members (excludes halogenated alkanes) is 1. The van der Waals surface area contributed by atoms with Crippen LogP contribution in [-0.2, 0) is 6.42 Å². The average molecular weight is 350 g/mol. The molecule has 0 bridgehead atoms. The van der Waals surface area contributed by atoms with Crippen LogP contribution in [0.1, 0.15) is 43.7 Å². The summed E-state index contributed by atoms with van der Waals surface area (Å²) in [7, 11) is 4.17. The molecule has 0 saturated heterocycles. The molecule has 138 valence electrons. The lowest BCUT2D eigenvalue weighted by molar-refractivity contribution is 0.748. The summed E-state index contributed by atoms with van der Waals surface area (Å²) in [6, 6.07) is 15.5. The van der Waals surface area contributed by atoms with E-state index in [9.17, 15) is 0 Å². The van der Waals surface area contributed by atoms with E-state index in [-0.39, 0.29) is 0 Å². The van der Waals surface area contributed by atoms with Crippen LogP contribution in [0.5, 0.6) is 0 Å². The predicted octanol–water partition coefficient (Wildman–Crippen LogP) is 5.31. The summed E-state index contributed by atoms with van der Waals surface area (Å²) in [5.74, 6) is 0.496. The van der Waals surface area contributed by atoms with Crippen LogP contribution in [0.4, 0.5) is 5.69 Å². The van der Waals surface area contributed by atoms with E-state index in [4.69, 9.17) is 5.73 Å². The van der Waals surface area contributed by atoms with Crippen LogP contribution in [0, 0.1) is 0 Å². The van der Waals surface area contributed by atoms with Crippen molar-refractivity contribution in [3.8, 4) is 11.3 Å². The fourth-order valence-corrected chi connectivity index (χ4v) is 3.67. The molecular weight excluding hydrogens is 318 g/mol. The van der Waals surface area contributed by atoms with Crippen molar-refractivity contribution in [2.45, 2.75) is 39.0 Å². The topological polar surface area (TPSA) is 45.0 Å². The number of H-pyrrole nitrogens is 1. The number of fused-ring (bicyclic) bond motifs is 1. The first-order chi connectivity index (χ1) is 12.5. The van der Waals surface area contributed by atoms with Crippen LogP contribution in [0.2, 0.25) is 0 Å². The number of aromatic amines is 1. The Hall–Kier alpha value is -2.26. The maximum absolute atomic E-state index is 5.73. The molecule has 0 fully saturated rings. The van der Waals surface area contributed by atoms with E-state index in [0.717, 1.165) is 25.8 Å². The maximum Gasteiger partial charge on any atom is 0.0498 e. The van der Waals surface area contributed by atoms with Gasteiger partial charge in [0, 0.05) is 41.9 Å². The average Bonchev–Trinajstić information content (AvgIpc) is 3.00. The quantitative estimate of drug-likeness (QED) is 0.568. The standard InChI is InChI=1S/C23H31N3/c1-16(2)19-12-8-13-21-20(11-5-6-14-24)22(25-23(19)21)17-9-7-10-18(15-17)26(3)4/h7-10,12-13,15-16,25H,5-6,11,14,24H2,1-4H3. The van der Waals surface area contributed by atoms with Crippen LogP contribution >= 0.6 is 0 Å². The molecule has 3 rings (SSSR count). The highest BCUT2D eigenvalue weighted by atomic mass is 15.1. The van der Waals surface area contributed by atoms with Crippen molar-refractivity contribution in [1.82, 2.24) is 4.98 Å². The molecule has 3 N–H and O–H groups in total. The molecule has 0 atom stereocenters. The van der Waals surface area contributed by atoms with Crippen molar-refractivity contribution >= 4 is 16.6 Å². The Morgan fingerprint density at radius 2 is 1.81 bits per heavy atom. The number of benzene rings is 2. The minimum Gasteiger partial charge on any atom is -0.378 e. The van der Waals surface area contributed by atoms with Crippen LogP contribution in [0.25, 0.3) is 22.2 Å². The van der Waals surface area contributed by atoms with E-state index >= 15 is 0 Å². The summed E-state index contributed by atoms with van der Waals surface area (Å²) in [5.41, 5.74) is 13.6. The molecule has 0 saturated carbocycles. The Morgan fingerprint density at radius 3 is 2.50 bits per heavy atom. The molecule has 1 aromatic heterocycles. The first kappa shape index (κ1) is 18.5. The molecule has 2 aromatic carbocycles. The van der Waals surface area contributed by atoms with Gasteiger partial charge in [0.15, 0.2) is 0 Å². The van der Waals surface area contributed by atoms with Crippen LogP contribution in [0.3, 0.4) is 0 Å². The Bertz CT molecular complexity index is 874. The number of aromatic nitrogens is 1. The largest absolute Gasteiger partial charge is 0.378 e. The molecule has 0 aliphatic heterocycles. The summed E-state index contributed by atoms with van der Waals surface area (Å²) < 4.78 is 0. The number of aryl methyl sites for hydroxylation is 1. The molecular formula is C23H31N3. The number of para-hydroxylation sites is 1. The lowest BCUT2D eigenvalue weighted by Crippen LogP contribution is -2.08. The number of nitrogens with zero attached hydrogens (tertiary/aromatic N) is 1. The van der Waals surface area contributed by atoms with E-state index in [2.05, 4.69) is 80.3 Å². The Morgan fingerprint density at radius 1 is 1.04 bits per heavy atom. The molecule has 0 aliphatic rings. The number of hydrogen-bond acceptors (Lipinski definition) is 2. The molecule has 0 amide bonds. The molecule has 3 nitrogen and oxygen atoms in total. The van der Waals surface area contributed by atoms with E-state index in [0.29, 0.717) is 5.92 Å². The van der Waals surface area contributed by atoms with Gasteiger partial charge in [0.1, 0.15) is 0 Å². The predicted molar refractivity (Wildman–Crippen MR) is 114 cm³/mol. The van der Waals surface area contributed by atoms with Crippen LogP contribution in [-0.4, -0.2) is 25.6 Å². The second kappa shape index (κ2) is 7.96. The lowest BCUT2D eigenvalue weighted by Gasteiger charge is -2.14.